The minimum Gasteiger partial charge on any atom is -0.467 e. The summed E-state index contributed by atoms with van der Waals surface area (Å²) in [7, 11) is 0. The molecular formula is C15H24N2O3. The molecule has 20 heavy (non-hydrogen) atoms. The van der Waals surface area contributed by atoms with Crippen LogP contribution in [0.5, 0.6) is 0 Å². The van der Waals surface area contributed by atoms with Crippen molar-refractivity contribution in [3.63, 3.8) is 0 Å². The second-order valence-electron chi connectivity index (χ2n) is 5.42. The minimum absolute atomic E-state index is 0.000287. The van der Waals surface area contributed by atoms with Gasteiger partial charge >= 0.3 is 0 Å². The van der Waals surface area contributed by atoms with Crippen molar-refractivity contribution < 1.29 is 13.9 Å². The van der Waals surface area contributed by atoms with Gasteiger partial charge in [0.2, 0.25) is 5.91 Å². The third-order valence-electron chi connectivity index (χ3n) is 3.90. The van der Waals surface area contributed by atoms with Gasteiger partial charge in [0.05, 0.1) is 18.8 Å². The molecule has 1 aliphatic heterocycles. The number of hydrogen-bond acceptors (Lipinski definition) is 4. The maximum absolute atomic E-state index is 12.0. The molecule has 0 aliphatic carbocycles. The monoisotopic (exact) mass is 280 g/mol. The Morgan fingerprint density at radius 3 is 2.80 bits per heavy atom. The molecule has 2 unspecified atom stereocenters. The molecule has 0 saturated carbocycles. The summed E-state index contributed by atoms with van der Waals surface area (Å²) < 4.78 is 10.6. The van der Waals surface area contributed by atoms with Crippen molar-refractivity contribution in [3.05, 3.63) is 24.2 Å². The first-order valence-electron chi connectivity index (χ1n) is 7.30. The van der Waals surface area contributed by atoms with Crippen LogP contribution >= 0.6 is 0 Å². The van der Waals surface area contributed by atoms with Crippen LogP contribution < -0.4 is 10.6 Å². The van der Waals surface area contributed by atoms with Crippen LogP contribution in [-0.2, 0) is 16.1 Å². The number of furan rings is 1. The molecule has 0 radical (unpaired) electrons. The van der Waals surface area contributed by atoms with E-state index in [1.165, 1.54) is 0 Å². The number of carbonyl (C=O) groups excluding carboxylic acids is 1. The van der Waals surface area contributed by atoms with Gasteiger partial charge in [-0.25, -0.2) is 0 Å². The Labute approximate surface area is 120 Å². The zero-order valence-corrected chi connectivity index (χ0v) is 12.2. The minimum atomic E-state index is -0.206. The molecule has 1 aliphatic rings. The molecule has 2 N–H and O–H groups in total. The number of ether oxygens (including phenoxy) is 1. The Hall–Kier alpha value is -1.33. The van der Waals surface area contributed by atoms with Crippen LogP contribution in [0.3, 0.4) is 0 Å². The molecule has 2 heterocycles. The van der Waals surface area contributed by atoms with E-state index < -0.39 is 0 Å². The molecule has 0 spiro atoms. The van der Waals surface area contributed by atoms with Crippen molar-refractivity contribution in [2.45, 2.75) is 45.3 Å². The molecule has 5 heteroatoms. The molecule has 0 aromatic carbocycles. The molecule has 1 aromatic heterocycles. The van der Waals surface area contributed by atoms with Gasteiger partial charge in [0.1, 0.15) is 5.76 Å². The average Bonchev–Trinajstić information content (AvgIpc) is 2.98. The first-order chi connectivity index (χ1) is 9.66. The van der Waals surface area contributed by atoms with E-state index in [1.54, 1.807) is 6.26 Å². The predicted molar refractivity (Wildman–Crippen MR) is 76.2 cm³/mol. The SMILES string of the molecule is CC(NC(C)C1CCOCC1)C(=O)NCc1ccco1. The summed E-state index contributed by atoms with van der Waals surface area (Å²) in [6, 6.07) is 3.78. The standard InChI is InChI=1S/C15H24N2O3/c1-11(13-5-8-19-9-6-13)17-12(2)15(18)16-10-14-4-3-7-20-14/h3-4,7,11-13,17H,5-6,8-10H2,1-2H3,(H,16,18). The molecular weight excluding hydrogens is 256 g/mol. The Kier molecular flexibility index (Phi) is 5.61. The number of nitrogens with one attached hydrogen (secondary N) is 2. The van der Waals surface area contributed by atoms with Crippen molar-refractivity contribution >= 4 is 5.91 Å². The molecule has 112 valence electrons. The maximum atomic E-state index is 12.0. The fraction of sp³-hybridized carbons (Fsp3) is 0.667. The lowest BCUT2D eigenvalue weighted by molar-refractivity contribution is -0.123. The molecule has 1 fully saturated rings. The highest BCUT2D eigenvalue weighted by Gasteiger charge is 2.23. The summed E-state index contributed by atoms with van der Waals surface area (Å²) in [6.07, 6.45) is 3.74. The van der Waals surface area contributed by atoms with Crippen LogP contribution in [0.2, 0.25) is 0 Å². The van der Waals surface area contributed by atoms with Gasteiger partial charge in [0, 0.05) is 19.3 Å². The lowest BCUT2D eigenvalue weighted by Gasteiger charge is -2.30. The van der Waals surface area contributed by atoms with Crippen LogP contribution in [0.25, 0.3) is 0 Å². The Bertz CT molecular complexity index is 399. The van der Waals surface area contributed by atoms with Gasteiger partial charge in [-0.05, 0) is 44.7 Å². The van der Waals surface area contributed by atoms with E-state index >= 15 is 0 Å². The van der Waals surface area contributed by atoms with Gasteiger partial charge < -0.3 is 19.8 Å². The number of rotatable bonds is 6. The van der Waals surface area contributed by atoms with Crippen LogP contribution in [-0.4, -0.2) is 31.2 Å². The highest BCUT2D eigenvalue weighted by Crippen LogP contribution is 2.18. The van der Waals surface area contributed by atoms with E-state index in [4.69, 9.17) is 9.15 Å². The highest BCUT2D eigenvalue weighted by atomic mass is 16.5. The quantitative estimate of drug-likeness (QED) is 0.832. The predicted octanol–water partition coefficient (Wildman–Crippen LogP) is 1.69. The molecule has 2 atom stereocenters. The first kappa shape index (κ1) is 15.1. The zero-order valence-electron chi connectivity index (χ0n) is 12.2. The summed E-state index contributed by atoms with van der Waals surface area (Å²) in [4.78, 5) is 12.0. The normalized spacial score (nSPS) is 19.5. The molecule has 1 amide bonds. The Morgan fingerprint density at radius 1 is 1.40 bits per heavy atom. The highest BCUT2D eigenvalue weighted by molar-refractivity contribution is 5.81. The lowest BCUT2D eigenvalue weighted by Crippen LogP contribution is -2.48. The molecule has 5 nitrogen and oxygen atoms in total. The smallest absolute Gasteiger partial charge is 0.237 e. The Morgan fingerprint density at radius 2 is 2.15 bits per heavy atom. The van der Waals surface area contributed by atoms with Gasteiger partial charge in [-0.3, -0.25) is 4.79 Å². The lowest BCUT2D eigenvalue weighted by atomic mass is 9.92. The van der Waals surface area contributed by atoms with Crippen molar-refractivity contribution in [3.8, 4) is 0 Å². The first-order valence-corrected chi connectivity index (χ1v) is 7.30. The van der Waals surface area contributed by atoms with E-state index in [0.29, 0.717) is 18.5 Å². The number of carbonyl (C=O) groups is 1. The van der Waals surface area contributed by atoms with Gasteiger partial charge in [0.25, 0.3) is 0 Å². The third-order valence-corrected chi connectivity index (χ3v) is 3.90. The van der Waals surface area contributed by atoms with Crippen LogP contribution in [0.15, 0.2) is 22.8 Å². The zero-order chi connectivity index (χ0) is 14.4. The van der Waals surface area contributed by atoms with Crippen molar-refractivity contribution in [1.29, 1.82) is 0 Å². The fourth-order valence-electron chi connectivity index (χ4n) is 2.56. The van der Waals surface area contributed by atoms with Crippen molar-refractivity contribution in [2.75, 3.05) is 13.2 Å². The summed E-state index contributed by atoms with van der Waals surface area (Å²) in [5, 5.41) is 6.25. The Balaban J connectivity index is 1.72. The topological polar surface area (TPSA) is 63.5 Å². The van der Waals surface area contributed by atoms with Gasteiger partial charge in [-0.2, -0.15) is 0 Å². The van der Waals surface area contributed by atoms with Gasteiger partial charge in [0.15, 0.2) is 0 Å². The van der Waals surface area contributed by atoms with Crippen LogP contribution in [0, 0.1) is 5.92 Å². The fourth-order valence-corrected chi connectivity index (χ4v) is 2.56. The van der Waals surface area contributed by atoms with Crippen molar-refractivity contribution in [2.24, 2.45) is 5.92 Å². The van der Waals surface area contributed by atoms with Crippen molar-refractivity contribution in [1.82, 2.24) is 10.6 Å². The van der Waals surface area contributed by atoms with Crippen LogP contribution in [0.4, 0.5) is 0 Å². The maximum Gasteiger partial charge on any atom is 0.237 e. The molecule has 2 rings (SSSR count). The number of hydrogen-bond donors (Lipinski definition) is 2. The van der Waals surface area contributed by atoms with Crippen LogP contribution in [0.1, 0.15) is 32.4 Å². The second-order valence-corrected chi connectivity index (χ2v) is 5.42. The van der Waals surface area contributed by atoms with Gasteiger partial charge in [-0.1, -0.05) is 0 Å². The summed E-state index contributed by atoms with van der Waals surface area (Å²) in [5.74, 6) is 1.35. The second kappa shape index (κ2) is 7.45. The van der Waals surface area contributed by atoms with E-state index in [0.717, 1.165) is 31.8 Å². The summed E-state index contributed by atoms with van der Waals surface area (Å²) >= 11 is 0. The largest absolute Gasteiger partial charge is 0.467 e. The van der Waals surface area contributed by atoms with Gasteiger partial charge in [-0.15, -0.1) is 0 Å². The molecule has 1 saturated heterocycles. The third kappa shape index (κ3) is 4.35. The molecule has 0 bridgehead atoms. The summed E-state index contributed by atoms with van der Waals surface area (Å²) in [5.41, 5.74) is 0. The van der Waals surface area contributed by atoms with E-state index in [2.05, 4.69) is 17.6 Å². The van der Waals surface area contributed by atoms with E-state index in [9.17, 15) is 4.79 Å². The van der Waals surface area contributed by atoms with E-state index in [-0.39, 0.29) is 11.9 Å². The van der Waals surface area contributed by atoms with E-state index in [1.807, 2.05) is 19.1 Å². The number of amides is 1. The molecule has 1 aromatic rings. The summed E-state index contributed by atoms with van der Waals surface area (Å²) in [6.45, 7) is 6.13. The average molecular weight is 280 g/mol.